The number of methoxy groups -OCH3 is 1. The highest BCUT2D eigenvalue weighted by Crippen LogP contribution is 2.19. The molecule has 3 nitrogen and oxygen atoms in total. The van der Waals surface area contributed by atoms with Gasteiger partial charge in [0, 0.05) is 30.0 Å². The summed E-state index contributed by atoms with van der Waals surface area (Å²) in [5.41, 5.74) is 1.69. The van der Waals surface area contributed by atoms with Gasteiger partial charge in [0.2, 0.25) is 5.91 Å². The summed E-state index contributed by atoms with van der Waals surface area (Å²) in [5.74, 6) is 0.360. The van der Waals surface area contributed by atoms with E-state index in [-0.39, 0.29) is 17.8 Å². The SMILES string of the molecule is COc1ccc(CN(C(=O)/C=C/c2cccc(F)c2)C(C)Cc2cccs2)cc1. The Morgan fingerprint density at radius 1 is 1.17 bits per heavy atom. The van der Waals surface area contributed by atoms with Crippen LogP contribution in [0.3, 0.4) is 0 Å². The molecular formula is C24H24FNO2S. The fourth-order valence-corrected chi connectivity index (χ4v) is 3.91. The minimum atomic E-state index is -0.319. The fourth-order valence-electron chi connectivity index (χ4n) is 3.08. The van der Waals surface area contributed by atoms with Crippen molar-refractivity contribution in [3.63, 3.8) is 0 Å². The number of carbonyl (C=O) groups excluding carboxylic acids is 1. The molecule has 0 fully saturated rings. The highest BCUT2D eigenvalue weighted by molar-refractivity contribution is 7.09. The van der Waals surface area contributed by atoms with Gasteiger partial charge in [0.05, 0.1) is 7.11 Å². The maximum atomic E-state index is 13.4. The largest absolute Gasteiger partial charge is 0.497 e. The van der Waals surface area contributed by atoms with Crippen LogP contribution in [0.15, 0.2) is 72.1 Å². The molecule has 1 unspecified atom stereocenters. The van der Waals surface area contributed by atoms with E-state index in [2.05, 4.69) is 13.0 Å². The normalized spacial score (nSPS) is 12.1. The number of halogens is 1. The van der Waals surface area contributed by atoms with Gasteiger partial charge in [0.1, 0.15) is 11.6 Å². The predicted octanol–water partition coefficient (Wildman–Crippen LogP) is 5.57. The fraction of sp³-hybridized carbons (Fsp3) is 0.208. The molecule has 1 atom stereocenters. The summed E-state index contributed by atoms with van der Waals surface area (Å²) in [5, 5.41) is 2.04. The number of ether oxygens (including phenoxy) is 1. The van der Waals surface area contributed by atoms with Crippen LogP contribution in [0.25, 0.3) is 6.08 Å². The molecule has 0 N–H and O–H groups in total. The van der Waals surface area contributed by atoms with Gasteiger partial charge in [-0.1, -0.05) is 30.3 Å². The molecule has 150 valence electrons. The first-order chi connectivity index (χ1) is 14.0. The van der Waals surface area contributed by atoms with Gasteiger partial charge in [0.15, 0.2) is 0 Å². The summed E-state index contributed by atoms with van der Waals surface area (Å²) in [6, 6.07) is 18.0. The van der Waals surface area contributed by atoms with Crippen molar-refractivity contribution >= 4 is 23.3 Å². The summed E-state index contributed by atoms with van der Waals surface area (Å²) in [7, 11) is 1.63. The molecule has 0 saturated heterocycles. The van der Waals surface area contributed by atoms with Crippen molar-refractivity contribution in [3.05, 3.63) is 93.9 Å². The number of hydrogen-bond donors (Lipinski definition) is 0. The predicted molar refractivity (Wildman–Crippen MR) is 116 cm³/mol. The molecule has 0 aliphatic rings. The van der Waals surface area contributed by atoms with E-state index in [0.717, 1.165) is 17.7 Å². The molecule has 5 heteroatoms. The molecule has 1 aromatic heterocycles. The molecule has 1 heterocycles. The maximum Gasteiger partial charge on any atom is 0.247 e. The van der Waals surface area contributed by atoms with Crippen molar-refractivity contribution in [2.24, 2.45) is 0 Å². The maximum absolute atomic E-state index is 13.4. The number of thiophene rings is 1. The average molecular weight is 410 g/mol. The van der Waals surface area contributed by atoms with Crippen molar-refractivity contribution in [2.75, 3.05) is 7.11 Å². The second-order valence-corrected chi connectivity index (χ2v) is 7.87. The first-order valence-electron chi connectivity index (χ1n) is 9.44. The molecule has 0 bridgehead atoms. The lowest BCUT2D eigenvalue weighted by Crippen LogP contribution is -2.38. The van der Waals surface area contributed by atoms with Crippen LogP contribution < -0.4 is 4.74 Å². The van der Waals surface area contributed by atoms with Crippen LogP contribution in [0, 0.1) is 5.82 Å². The Labute approximate surface area is 175 Å². The zero-order valence-electron chi connectivity index (χ0n) is 16.5. The summed E-state index contributed by atoms with van der Waals surface area (Å²) in [6.45, 7) is 2.54. The van der Waals surface area contributed by atoms with E-state index >= 15 is 0 Å². The van der Waals surface area contributed by atoms with Crippen molar-refractivity contribution in [1.82, 2.24) is 4.90 Å². The highest BCUT2D eigenvalue weighted by Gasteiger charge is 2.19. The Balaban J connectivity index is 1.78. The third-order valence-corrected chi connectivity index (χ3v) is 5.57. The number of rotatable bonds is 8. The van der Waals surface area contributed by atoms with Gasteiger partial charge >= 0.3 is 0 Å². The minimum absolute atomic E-state index is 0.0143. The van der Waals surface area contributed by atoms with Crippen LogP contribution in [0.5, 0.6) is 5.75 Å². The quantitative estimate of drug-likeness (QED) is 0.455. The lowest BCUT2D eigenvalue weighted by atomic mass is 10.1. The molecule has 3 aromatic rings. The number of benzene rings is 2. The summed E-state index contributed by atoms with van der Waals surface area (Å²) >= 11 is 1.69. The Kier molecular flexibility index (Phi) is 7.19. The Hall–Kier alpha value is -2.92. The highest BCUT2D eigenvalue weighted by atomic mass is 32.1. The third kappa shape index (κ3) is 6.03. The van der Waals surface area contributed by atoms with Gasteiger partial charge in [-0.15, -0.1) is 11.3 Å². The van der Waals surface area contributed by atoms with Crippen LogP contribution in [0.1, 0.15) is 22.9 Å². The van der Waals surface area contributed by atoms with E-state index in [0.29, 0.717) is 12.1 Å². The van der Waals surface area contributed by atoms with Gasteiger partial charge in [-0.3, -0.25) is 4.79 Å². The first-order valence-corrected chi connectivity index (χ1v) is 10.3. The van der Waals surface area contributed by atoms with Gasteiger partial charge in [0.25, 0.3) is 0 Å². The lowest BCUT2D eigenvalue weighted by Gasteiger charge is -2.28. The van der Waals surface area contributed by atoms with Crippen molar-refractivity contribution in [2.45, 2.75) is 25.9 Å². The molecule has 29 heavy (non-hydrogen) atoms. The Bertz CT molecular complexity index is 951. The topological polar surface area (TPSA) is 29.5 Å². The minimum Gasteiger partial charge on any atom is -0.497 e. The number of hydrogen-bond acceptors (Lipinski definition) is 3. The van der Waals surface area contributed by atoms with Crippen molar-refractivity contribution < 1.29 is 13.9 Å². The molecule has 1 amide bonds. The molecule has 0 saturated carbocycles. The monoisotopic (exact) mass is 409 g/mol. The van der Waals surface area contributed by atoms with E-state index in [1.54, 1.807) is 36.7 Å². The van der Waals surface area contributed by atoms with E-state index in [9.17, 15) is 9.18 Å². The zero-order valence-corrected chi connectivity index (χ0v) is 17.4. The zero-order chi connectivity index (χ0) is 20.6. The number of amides is 1. The second kappa shape index (κ2) is 10.0. The van der Waals surface area contributed by atoms with Crippen LogP contribution in [-0.4, -0.2) is 24.0 Å². The molecule has 3 rings (SSSR count). The first kappa shape index (κ1) is 20.8. The summed E-state index contributed by atoms with van der Waals surface area (Å²) in [6.07, 6.45) is 3.96. The molecule has 0 spiro atoms. The molecule has 0 aliphatic carbocycles. The Morgan fingerprint density at radius 2 is 1.97 bits per heavy atom. The number of nitrogens with zero attached hydrogens (tertiary/aromatic N) is 1. The van der Waals surface area contributed by atoms with Crippen LogP contribution in [0.2, 0.25) is 0 Å². The lowest BCUT2D eigenvalue weighted by molar-refractivity contribution is -0.128. The number of carbonyl (C=O) groups is 1. The van der Waals surface area contributed by atoms with E-state index in [4.69, 9.17) is 4.74 Å². The molecule has 0 radical (unpaired) electrons. The smallest absolute Gasteiger partial charge is 0.247 e. The van der Waals surface area contributed by atoms with E-state index in [1.165, 1.54) is 23.1 Å². The standard InChI is InChI=1S/C24H24FNO2S/c1-18(15-23-7-4-14-29-23)26(17-20-8-11-22(28-2)12-9-20)24(27)13-10-19-5-3-6-21(25)16-19/h3-14,16,18H,15,17H2,1-2H3/b13-10+. The molecule has 2 aromatic carbocycles. The van der Waals surface area contributed by atoms with Gasteiger partial charge < -0.3 is 9.64 Å². The van der Waals surface area contributed by atoms with Crippen LogP contribution in [-0.2, 0) is 17.8 Å². The van der Waals surface area contributed by atoms with Crippen molar-refractivity contribution in [3.8, 4) is 5.75 Å². The van der Waals surface area contributed by atoms with Gasteiger partial charge in [-0.2, -0.15) is 0 Å². The van der Waals surface area contributed by atoms with E-state index in [1.807, 2.05) is 40.6 Å². The second-order valence-electron chi connectivity index (χ2n) is 6.84. The van der Waals surface area contributed by atoms with Gasteiger partial charge in [-0.05, 0) is 59.8 Å². The summed E-state index contributed by atoms with van der Waals surface area (Å²) < 4.78 is 18.6. The van der Waals surface area contributed by atoms with Gasteiger partial charge in [-0.25, -0.2) is 4.39 Å². The van der Waals surface area contributed by atoms with Crippen LogP contribution in [0.4, 0.5) is 4.39 Å². The summed E-state index contributed by atoms with van der Waals surface area (Å²) in [4.78, 5) is 16.1. The third-order valence-electron chi connectivity index (χ3n) is 4.67. The van der Waals surface area contributed by atoms with Crippen molar-refractivity contribution in [1.29, 1.82) is 0 Å². The Morgan fingerprint density at radius 3 is 2.62 bits per heavy atom. The van der Waals surface area contributed by atoms with Crippen LogP contribution >= 0.6 is 11.3 Å². The van der Waals surface area contributed by atoms with E-state index < -0.39 is 0 Å². The average Bonchev–Trinajstić information content (AvgIpc) is 3.23. The molecule has 0 aliphatic heterocycles. The molecular weight excluding hydrogens is 385 g/mol.